The quantitative estimate of drug-likeness (QED) is 0.195. The summed E-state index contributed by atoms with van der Waals surface area (Å²) in [5.74, 6) is -8.35. The van der Waals surface area contributed by atoms with Crippen LogP contribution < -0.4 is 0 Å². The highest BCUT2D eigenvalue weighted by Gasteiger charge is 2.43. The molecule has 10 nitrogen and oxygen atoms in total. The Hall–Kier alpha value is -4.62. The summed E-state index contributed by atoms with van der Waals surface area (Å²) in [7, 11) is 0. The fourth-order valence-electron chi connectivity index (χ4n) is 5.54. The Balaban J connectivity index is 0.000000270. The first kappa shape index (κ1) is 39.8. The molecule has 2 aromatic rings. The molecule has 50 heavy (non-hydrogen) atoms. The summed E-state index contributed by atoms with van der Waals surface area (Å²) in [5, 5.41) is 0. The first-order valence-electron chi connectivity index (χ1n) is 16.0. The Morgan fingerprint density at radius 2 is 1.16 bits per heavy atom. The standard InChI is InChI=1S/2C18H21F2NO4/c1-10-7-15(22)13(9-21(10)17(24)25-18(2,3)4)16(23)12-6-5-11(19)8-14(12)20;1-10-15(16(23)12-6-5-11(19)9-13(12)20)14(22)7-8-21(10)17(24)25-18(2,3)4/h5-6,8,10,13H,7,9H2,1-4H3;5-6,9-10,15H,7-8H2,1-4H3. The van der Waals surface area contributed by atoms with Gasteiger partial charge in [-0.1, -0.05) is 0 Å². The maximum Gasteiger partial charge on any atom is 0.410 e. The number of benzene rings is 2. The van der Waals surface area contributed by atoms with Gasteiger partial charge in [0, 0.05) is 50.1 Å². The van der Waals surface area contributed by atoms with Gasteiger partial charge >= 0.3 is 12.2 Å². The number of carbonyl (C=O) groups excluding carboxylic acids is 6. The van der Waals surface area contributed by atoms with E-state index in [-0.39, 0.29) is 48.6 Å². The SMILES string of the molecule is CC1C(C(=O)c2ccc(F)cc2F)C(=O)CCN1C(=O)OC(C)(C)C.CC1CC(=O)C(C(=O)c2ccc(F)cc2F)CN1C(=O)OC(C)(C)C. The van der Waals surface area contributed by atoms with Gasteiger partial charge in [-0.2, -0.15) is 0 Å². The molecule has 0 aliphatic carbocycles. The van der Waals surface area contributed by atoms with Gasteiger partial charge in [0.15, 0.2) is 11.6 Å². The lowest BCUT2D eigenvalue weighted by atomic mass is 9.83. The topological polar surface area (TPSA) is 127 Å². The van der Waals surface area contributed by atoms with Gasteiger partial charge in [0.2, 0.25) is 0 Å². The van der Waals surface area contributed by atoms with Crippen molar-refractivity contribution in [2.75, 3.05) is 13.1 Å². The average Bonchev–Trinajstić information content (AvgIpc) is 2.95. The van der Waals surface area contributed by atoms with Crippen molar-refractivity contribution in [2.24, 2.45) is 11.8 Å². The number of piperidine rings is 2. The maximum absolute atomic E-state index is 13.9. The third-order valence-electron chi connectivity index (χ3n) is 7.96. The van der Waals surface area contributed by atoms with Crippen molar-refractivity contribution >= 4 is 35.3 Å². The Bertz CT molecular complexity index is 1640. The van der Waals surface area contributed by atoms with E-state index in [1.807, 2.05) is 0 Å². The lowest BCUT2D eigenvalue weighted by Gasteiger charge is -2.38. The second kappa shape index (κ2) is 15.5. The number of rotatable bonds is 4. The van der Waals surface area contributed by atoms with Crippen molar-refractivity contribution in [3.63, 3.8) is 0 Å². The van der Waals surface area contributed by atoms with Crippen LogP contribution in [0.3, 0.4) is 0 Å². The van der Waals surface area contributed by atoms with Gasteiger partial charge < -0.3 is 19.3 Å². The molecule has 2 amide bonds. The van der Waals surface area contributed by atoms with E-state index in [1.165, 1.54) is 9.80 Å². The van der Waals surface area contributed by atoms with Crippen LogP contribution in [0.5, 0.6) is 0 Å². The van der Waals surface area contributed by atoms with Crippen molar-refractivity contribution in [3.8, 4) is 0 Å². The molecule has 14 heteroatoms. The van der Waals surface area contributed by atoms with Crippen LogP contribution >= 0.6 is 0 Å². The zero-order valence-corrected chi connectivity index (χ0v) is 29.3. The van der Waals surface area contributed by atoms with Crippen LogP contribution in [0, 0.1) is 35.1 Å². The Kier molecular flexibility index (Phi) is 12.4. The van der Waals surface area contributed by atoms with E-state index in [0.717, 1.165) is 24.3 Å². The number of ketones is 4. The number of Topliss-reactive ketones (excluding diaryl/α,β-unsaturated/α-hetero) is 4. The van der Waals surface area contributed by atoms with E-state index in [4.69, 9.17) is 9.47 Å². The molecule has 0 saturated carbocycles. The number of nitrogens with zero attached hydrogens (tertiary/aromatic N) is 2. The number of halogens is 4. The first-order valence-corrected chi connectivity index (χ1v) is 16.0. The van der Waals surface area contributed by atoms with Crippen molar-refractivity contribution < 1.29 is 55.8 Å². The highest BCUT2D eigenvalue weighted by Crippen LogP contribution is 2.28. The smallest absolute Gasteiger partial charge is 0.410 e. The zero-order valence-electron chi connectivity index (χ0n) is 29.3. The molecule has 2 aliphatic rings. The highest BCUT2D eigenvalue weighted by molar-refractivity contribution is 6.12. The fraction of sp³-hybridized carbons (Fsp3) is 0.500. The number of carbonyl (C=O) groups is 6. The first-order chi connectivity index (χ1) is 23.0. The van der Waals surface area contributed by atoms with Gasteiger partial charge in [0.1, 0.15) is 52.0 Å². The molecule has 4 atom stereocenters. The lowest BCUT2D eigenvalue weighted by Crippen LogP contribution is -2.54. The molecule has 2 aliphatic heterocycles. The average molecular weight is 707 g/mol. The van der Waals surface area contributed by atoms with Gasteiger partial charge in [0.05, 0.1) is 17.0 Å². The third-order valence-corrected chi connectivity index (χ3v) is 7.96. The second-order valence-electron chi connectivity index (χ2n) is 14.3. The molecular weight excluding hydrogens is 664 g/mol. The molecule has 0 aromatic heterocycles. The normalized spacial score (nSPS) is 21.2. The number of amides is 2. The lowest BCUT2D eigenvalue weighted by molar-refractivity contribution is -0.127. The molecule has 0 N–H and O–H groups in total. The van der Waals surface area contributed by atoms with Crippen LogP contribution in [0.4, 0.5) is 27.2 Å². The van der Waals surface area contributed by atoms with Crippen LogP contribution in [0.1, 0.15) is 88.9 Å². The number of hydrogen-bond acceptors (Lipinski definition) is 8. The summed E-state index contributed by atoms with van der Waals surface area (Å²) in [5.41, 5.74) is -2.17. The van der Waals surface area contributed by atoms with Gasteiger partial charge in [0.25, 0.3) is 0 Å². The zero-order chi connectivity index (χ0) is 37.9. The van der Waals surface area contributed by atoms with Crippen LogP contribution in [0.2, 0.25) is 0 Å². The summed E-state index contributed by atoms with van der Waals surface area (Å²) in [6.07, 6.45) is -1.32. The minimum atomic E-state index is -1.21. The molecule has 2 heterocycles. The predicted octanol–water partition coefficient (Wildman–Crippen LogP) is 6.72. The van der Waals surface area contributed by atoms with E-state index in [0.29, 0.717) is 12.1 Å². The molecular formula is C36H42F4N2O8. The minimum absolute atomic E-state index is 0.0250. The number of ether oxygens (including phenoxy) is 2. The van der Waals surface area contributed by atoms with Gasteiger partial charge in [-0.15, -0.1) is 0 Å². The van der Waals surface area contributed by atoms with Crippen molar-refractivity contribution in [1.29, 1.82) is 0 Å². The molecule has 2 aromatic carbocycles. The second-order valence-corrected chi connectivity index (χ2v) is 14.3. The Labute approximate surface area is 288 Å². The Morgan fingerprint density at radius 3 is 1.62 bits per heavy atom. The monoisotopic (exact) mass is 706 g/mol. The molecule has 2 fully saturated rings. The molecule has 0 radical (unpaired) electrons. The van der Waals surface area contributed by atoms with Crippen LogP contribution in [0.25, 0.3) is 0 Å². The Morgan fingerprint density at radius 1 is 0.700 bits per heavy atom. The summed E-state index contributed by atoms with van der Waals surface area (Å²) in [6, 6.07) is 3.91. The van der Waals surface area contributed by atoms with E-state index in [1.54, 1.807) is 55.4 Å². The largest absolute Gasteiger partial charge is 0.444 e. The predicted molar refractivity (Wildman–Crippen MR) is 172 cm³/mol. The van der Waals surface area contributed by atoms with Gasteiger partial charge in [-0.3, -0.25) is 19.2 Å². The summed E-state index contributed by atoms with van der Waals surface area (Å²) < 4.78 is 64.4. The van der Waals surface area contributed by atoms with Gasteiger partial charge in [-0.25, -0.2) is 27.2 Å². The molecule has 272 valence electrons. The van der Waals surface area contributed by atoms with Crippen molar-refractivity contribution in [2.45, 2.75) is 91.5 Å². The van der Waals surface area contributed by atoms with Gasteiger partial charge in [-0.05, 0) is 79.7 Å². The van der Waals surface area contributed by atoms with Crippen molar-refractivity contribution in [3.05, 3.63) is 70.8 Å². The van der Waals surface area contributed by atoms with E-state index >= 15 is 0 Å². The molecule has 0 spiro atoms. The number of likely N-dealkylation sites (tertiary alicyclic amines) is 2. The van der Waals surface area contributed by atoms with E-state index in [2.05, 4.69) is 0 Å². The van der Waals surface area contributed by atoms with Crippen molar-refractivity contribution in [1.82, 2.24) is 9.80 Å². The summed E-state index contributed by atoms with van der Waals surface area (Å²) in [6.45, 7) is 13.4. The van der Waals surface area contributed by atoms with E-state index in [9.17, 15) is 46.3 Å². The molecule has 2 saturated heterocycles. The van der Waals surface area contributed by atoms with Crippen LogP contribution in [-0.2, 0) is 19.1 Å². The molecule has 4 unspecified atom stereocenters. The van der Waals surface area contributed by atoms with Crippen LogP contribution in [-0.4, -0.2) is 81.5 Å². The van der Waals surface area contributed by atoms with Crippen LogP contribution in [0.15, 0.2) is 36.4 Å². The number of hydrogen-bond donors (Lipinski definition) is 0. The highest BCUT2D eigenvalue weighted by atomic mass is 19.1. The minimum Gasteiger partial charge on any atom is -0.444 e. The maximum atomic E-state index is 13.9. The summed E-state index contributed by atoms with van der Waals surface area (Å²) in [4.78, 5) is 76.9. The van der Waals surface area contributed by atoms with E-state index < -0.39 is 82.1 Å². The third kappa shape index (κ3) is 9.97. The molecule has 4 rings (SSSR count). The molecule has 0 bridgehead atoms. The fourth-order valence-corrected chi connectivity index (χ4v) is 5.54. The summed E-state index contributed by atoms with van der Waals surface area (Å²) >= 11 is 0.